The second-order valence-corrected chi connectivity index (χ2v) is 13.3. The third kappa shape index (κ3) is 7.31. The standard InChI is InChI=1S/C20H14ClN7O3.C14H12ClN5O2/c1-22-12-4-5-15(13(21)7-12)31-17-8-16(24-11-2-3-11)28-18(26-17)10(9-23-28)6-14-19(29)27-20(30)25-14;15-11-5-9(3-7-1-2-7)20-12(18-11)8(6-16-20)4-10-13(21)19-14(22)17-10/h4-9,11,29H,2-3H2,(H2,25,27,30);4-7H,1-3H2,(H2,17,19,21,22)/b;10-4-. The van der Waals surface area contributed by atoms with Crippen LogP contribution in [0.3, 0.4) is 0 Å². The molecule has 6 heterocycles. The molecule has 5 N–H and O–H groups in total. The Labute approximate surface area is 307 Å². The van der Waals surface area contributed by atoms with Gasteiger partial charge < -0.3 is 20.1 Å². The maximum absolute atomic E-state index is 11.6. The number of imide groups is 1. The van der Waals surface area contributed by atoms with Crippen LogP contribution in [0.25, 0.3) is 28.3 Å². The van der Waals surface area contributed by atoms with Gasteiger partial charge in [0.15, 0.2) is 22.5 Å². The maximum Gasteiger partial charge on any atom is 0.326 e. The summed E-state index contributed by atoms with van der Waals surface area (Å²) in [6.45, 7) is 7.08. The van der Waals surface area contributed by atoms with E-state index >= 15 is 0 Å². The molecule has 0 atom stereocenters. The van der Waals surface area contributed by atoms with E-state index in [0.717, 1.165) is 25.0 Å². The van der Waals surface area contributed by atoms with Crippen LogP contribution < -0.4 is 31.8 Å². The number of amides is 3. The Balaban J connectivity index is 0.000000160. The fraction of sp³-hybridized carbons (Fsp3) is 0.206. The normalized spacial score (nSPS) is 16.9. The predicted molar refractivity (Wildman–Crippen MR) is 190 cm³/mol. The summed E-state index contributed by atoms with van der Waals surface area (Å²) in [5.41, 5.74) is 3.43. The second-order valence-electron chi connectivity index (χ2n) is 12.5. The minimum absolute atomic E-state index is 0.172. The number of hydrogen-bond acceptors (Lipinski definition) is 10. The van der Waals surface area contributed by atoms with E-state index in [-0.39, 0.29) is 34.2 Å². The number of halogens is 2. The molecule has 3 fully saturated rings. The zero-order valence-corrected chi connectivity index (χ0v) is 28.8. The number of aromatic hydroxyl groups is 1. The van der Waals surface area contributed by atoms with Gasteiger partial charge >= 0.3 is 11.7 Å². The second kappa shape index (κ2) is 13.6. The number of nitrogens with one attached hydrogen (secondary N) is 4. The average Bonchev–Trinajstić information content (AvgIpc) is 3.98. The number of aromatic nitrogens is 8. The molecule has 3 amide bonds. The number of fused-ring (bicyclic) bond motifs is 2. The van der Waals surface area contributed by atoms with Gasteiger partial charge in [0, 0.05) is 22.5 Å². The zero-order valence-electron chi connectivity index (χ0n) is 27.3. The first-order valence-electron chi connectivity index (χ1n) is 16.3. The third-order valence-electron chi connectivity index (χ3n) is 8.37. The molecule has 2 saturated carbocycles. The van der Waals surface area contributed by atoms with Crippen LogP contribution in [0.2, 0.25) is 10.2 Å². The Morgan fingerprint density at radius 3 is 2.47 bits per heavy atom. The molecule has 0 bridgehead atoms. The number of ether oxygens (including phenoxy) is 1. The fourth-order valence-corrected chi connectivity index (χ4v) is 5.91. The molecule has 19 heteroatoms. The summed E-state index contributed by atoms with van der Waals surface area (Å²) in [5.74, 6) is 0.524. The number of aromatic amines is 2. The molecule has 3 aliphatic rings. The topological polar surface area (TPSA) is 213 Å². The summed E-state index contributed by atoms with van der Waals surface area (Å²) < 4.78 is 9.20. The van der Waals surface area contributed by atoms with Crippen LogP contribution in [0.4, 0.5) is 10.5 Å². The van der Waals surface area contributed by atoms with Crippen molar-refractivity contribution in [2.45, 2.75) is 38.1 Å². The summed E-state index contributed by atoms with van der Waals surface area (Å²) in [4.78, 5) is 55.8. The summed E-state index contributed by atoms with van der Waals surface area (Å²) in [5, 5.41) is 24.4. The van der Waals surface area contributed by atoms with Crippen LogP contribution in [0.1, 0.15) is 42.6 Å². The molecule has 9 rings (SSSR count). The number of carbonyl (C=O) groups is 2. The molecule has 1 aromatic carbocycles. The molecular weight excluding hydrogens is 727 g/mol. The summed E-state index contributed by atoms with van der Waals surface area (Å²) in [6, 6.07) is 7.89. The zero-order chi connectivity index (χ0) is 36.8. The van der Waals surface area contributed by atoms with Gasteiger partial charge in [0.2, 0.25) is 11.8 Å². The molecule has 53 heavy (non-hydrogen) atoms. The van der Waals surface area contributed by atoms with E-state index < -0.39 is 17.6 Å². The minimum atomic E-state index is -0.534. The number of urea groups is 1. The molecule has 17 nitrogen and oxygen atoms in total. The van der Waals surface area contributed by atoms with E-state index in [2.05, 4.69) is 50.6 Å². The number of hydrogen-bond donors (Lipinski definition) is 5. The highest BCUT2D eigenvalue weighted by Crippen LogP contribution is 2.34. The Bertz CT molecular complexity index is 2730. The van der Waals surface area contributed by atoms with E-state index in [1.54, 1.807) is 51.8 Å². The van der Waals surface area contributed by atoms with Crippen LogP contribution in [0, 0.1) is 12.5 Å². The molecule has 1 saturated heterocycles. The first kappa shape index (κ1) is 33.6. The summed E-state index contributed by atoms with van der Waals surface area (Å²) >= 11 is 12.3. The van der Waals surface area contributed by atoms with Gasteiger partial charge in [0.05, 0.1) is 30.0 Å². The molecule has 2 aliphatic carbocycles. The van der Waals surface area contributed by atoms with Crippen molar-refractivity contribution in [2.24, 2.45) is 10.9 Å². The van der Waals surface area contributed by atoms with E-state index in [9.17, 15) is 19.5 Å². The lowest BCUT2D eigenvalue weighted by molar-refractivity contribution is -0.115. The average molecular weight is 754 g/mol. The van der Waals surface area contributed by atoms with Crippen molar-refractivity contribution in [1.29, 1.82) is 0 Å². The Kier molecular flexibility index (Phi) is 8.60. The van der Waals surface area contributed by atoms with Gasteiger partial charge in [-0.25, -0.2) is 23.9 Å². The monoisotopic (exact) mass is 752 g/mol. The highest BCUT2D eigenvalue weighted by molar-refractivity contribution is 6.32. The van der Waals surface area contributed by atoms with Crippen molar-refractivity contribution in [2.75, 3.05) is 0 Å². The summed E-state index contributed by atoms with van der Waals surface area (Å²) in [7, 11) is 0. The first-order chi connectivity index (χ1) is 25.6. The number of carbonyl (C=O) groups excluding carboxylic acids is 2. The molecule has 0 unspecified atom stereocenters. The molecule has 0 spiro atoms. The van der Waals surface area contributed by atoms with Gasteiger partial charge in [-0.15, -0.1) is 0 Å². The van der Waals surface area contributed by atoms with Crippen LogP contribution in [-0.2, 0) is 11.2 Å². The number of rotatable bonds is 7. The van der Waals surface area contributed by atoms with Gasteiger partial charge in [-0.2, -0.15) is 19.7 Å². The lowest BCUT2D eigenvalue weighted by Crippen LogP contribution is -2.22. The molecule has 0 radical (unpaired) electrons. The van der Waals surface area contributed by atoms with E-state index in [0.29, 0.717) is 50.1 Å². The van der Waals surface area contributed by atoms with Gasteiger partial charge in [-0.05, 0) is 68.4 Å². The van der Waals surface area contributed by atoms with Gasteiger partial charge in [0.1, 0.15) is 22.3 Å². The Morgan fingerprint density at radius 1 is 0.981 bits per heavy atom. The Morgan fingerprint density at radius 2 is 1.79 bits per heavy atom. The Hall–Kier alpha value is -6.51. The molecule has 5 aromatic heterocycles. The van der Waals surface area contributed by atoms with Crippen LogP contribution in [0.5, 0.6) is 17.5 Å². The summed E-state index contributed by atoms with van der Waals surface area (Å²) in [6.07, 6.45) is 11.6. The lowest BCUT2D eigenvalue weighted by atomic mass is 10.2. The number of imidazole rings is 1. The van der Waals surface area contributed by atoms with Crippen molar-refractivity contribution >= 4 is 64.3 Å². The van der Waals surface area contributed by atoms with Crippen molar-refractivity contribution in [3.63, 3.8) is 0 Å². The van der Waals surface area contributed by atoms with Gasteiger partial charge in [0.25, 0.3) is 5.91 Å². The van der Waals surface area contributed by atoms with Crippen molar-refractivity contribution in [3.8, 4) is 17.5 Å². The number of nitrogens with zero attached hydrogens (tertiary/aromatic N) is 8. The van der Waals surface area contributed by atoms with Crippen molar-refractivity contribution in [3.05, 3.63) is 108 Å². The van der Waals surface area contributed by atoms with Crippen LogP contribution >= 0.6 is 23.2 Å². The van der Waals surface area contributed by atoms with Gasteiger partial charge in [-0.3, -0.25) is 20.1 Å². The van der Waals surface area contributed by atoms with E-state index in [1.807, 2.05) is 6.07 Å². The smallest absolute Gasteiger partial charge is 0.326 e. The highest BCUT2D eigenvalue weighted by atomic mass is 35.5. The van der Waals surface area contributed by atoms with E-state index in [4.69, 9.17) is 34.5 Å². The first-order valence-corrected chi connectivity index (χ1v) is 17.0. The maximum atomic E-state index is 11.6. The SMILES string of the molecule is O=C1NC(=O)/C(=C/c2cnn3c(CC4CC4)cc(Cl)nc23)N1.[C-]#[N+]c1ccc(Oc2cc(=NC3CC3)n3ncc(=Cc4[nH]c(=O)[nH]c4O)c3n2)c(Cl)c1. The quantitative estimate of drug-likeness (QED) is 0.0697. The van der Waals surface area contributed by atoms with Crippen molar-refractivity contribution < 1.29 is 19.4 Å². The highest BCUT2D eigenvalue weighted by Gasteiger charge is 2.26. The largest absolute Gasteiger partial charge is 0.493 e. The van der Waals surface area contributed by atoms with Crippen LogP contribution in [0.15, 0.2) is 58.2 Å². The van der Waals surface area contributed by atoms with E-state index in [1.165, 1.54) is 18.9 Å². The predicted octanol–water partition coefficient (Wildman–Crippen LogP) is 3.57. The number of benzene rings is 1. The van der Waals surface area contributed by atoms with Crippen LogP contribution in [-0.4, -0.2) is 62.3 Å². The minimum Gasteiger partial charge on any atom is -0.493 e. The lowest BCUT2D eigenvalue weighted by Gasteiger charge is -2.07. The van der Waals surface area contributed by atoms with Gasteiger partial charge in [-0.1, -0.05) is 29.3 Å². The fourth-order valence-electron chi connectivity index (χ4n) is 5.49. The molecular formula is C34H26Cl2N12O5. The molecule has 266 valence electrons. The molecule has 6 aromatic rings. The third-order valence-corrected chi connectivity index (χ3v) is 8.86. The molecule has 1 aliphatic heterocycles. The number of H-pyrrole nitrogens is 2. The van der Waals surface area contributed by atoms with Crippen molar-refractivity contribution in [1.82, 2.24) is 49.8 Å².